The van der Waals surface area contributed by atoms with E-state index in [1.807, 2.05) is 19.9 Å². The number of rotatable bonds is 1. The van der Waals surface area contributed by atoms with Crippen LogP contribution in [0.5, 0.6) is 0 Å². The van der Waals surface area contributed by atoms with Gasteiger partial charge in [-0.2, -0.15) is 0 Å². The van der Waals surface area contributed by atoms with E-state index in [-0.39, 0.29) is 18.3 Å². The Bertz CT molecular complexity index is 1200. The molecule has 8 heteroatoms. The lowest BCUT2D eigenvalue weighted by molar-refractivity contribution is -0.239. The highest BCUT2D eigenvalue weighted by Gasteiger charge is 2.92. The first-order valence-corrected chi connectivity index (χ1v) is 12.0. The molecule has 9 atom stereocenters. The fourth-order valence-corrected chi connectivity index (χ4v) is 9.42. The van der Waals surface area contributed by atoms with Gasteiger partial charge < -0.3 is 23.7 Å². The zero-order chi connectivity index (χ0) is 24.1. The smallest absolute Gasteiger partial charge is 0.339 e. The predicted octanol–water partition coefficient (Wildman–Crippen LogP) is 2.30. The summed E-state index contributed by atoms with van der Waals surface area (Å²) in [5.74, 6) is -1.65. The van der Waals surface area contributed by atoms with Gasteiger partial charge in [0.2, 0.25) is 0 Å². The van der Waals surface area contributed by atoms with E-state index in [2.05, 4.69) is 0 Å². The zero-order valence-electron chi connectivity index (χ0n) is 19.6. The average Bonchev–Trinajstić information content (AvgIpc) is 3.08. The van der Waals surface area contributed by atoms with Gasteiger partial charge in [-0.15, -0.1) is 0 Å². The average molecular weight is 469 g/mol. The van der Waals surface area contributed by atoms with Crippen LogP contribution >= 0.6 is 0 Å². The molecule has 7 rings (SSSR count). The van der Waals surface area contributed by atoms with Crippen molar-refractivity contribution in [1.82, 2.24) is 0 Å². The molecule has 3 aliphatic heterocycles. The molecule has 180 valence electrons. The first-order chi connectivity index (χ1) is 16.0. The first-order valence-electron chi connectivity index (χ1n) is 12.0. The Kier molecular flexibility index (Phi) is 3.45. The van der Waals surface area contributed by atoms with Crippen LogP contribution in [0.2, 0.25) is 0 Å². The van der Waals surface area contributed by atoms with Gasteiger partial charge in [-0.25, -0.2) is 4.79 Å². The second-order valence-corrected chi connectivity index (χ2v) is 12.0. The number of furan rings is 1. The van der Waals surface area contributed by atoms with Gasteiger partial charge in [-0.1, -0.05) is 19.9 Å². The van der Waals surface area contributed by atoms with Gasteiger partial charge >= 0.3 is 5.97 Å². The zero-order valence-corrected chi connectivity index (χ0v) is 19.6. The molecule has 4 heterocycles. The molecule has 3 saturated heterocycles. The van der Waals surface area contributed by atoms with E-state index in [9.17, 15) is 19.5 Å². The van der Waals surface area contributed by atoms with Crippen molar-refractivity contribution in [2.24, 2.45) is 27.6 Å². The van der Waals surface area contributed by atoms with Crippen LogP contribution in [0.1, 0.15) is 52.2 Å². The second-order valence-electron chi connectivity index (χ2n) is 12.0. The fourth-order valence-electron chi connectivity index (χ4n) is 9.42. The van der Waals surface area contributed by atoms with Crippen LogP contribution in [0, 0.1) is 27.6 Å². The quantitative estimate of drug-likeness (QED) is 0.379. The molecular formula is C26H28O8. The number of allylic oxidation sites excluding steroid dienone is 1. The van der Waals surface area contributed by atoms with Crippen molar-refractivity contribution in [1.29, 1.82) is 0 Å². The summed E-state index contributed by atoms with van der Waals surface area (Å²) in [6, 6.07) is 1.77. The number of carbonyl (C=O) groups is 3. The normalized spacial score (nSPS) is 54.0. The number of aliphatic hydroxyl groups is 1. The van der Waals surface area contributed by atoms with Crippen molar-refractivity contribution in [3.8, 4) is 0 Å². The molecule has 0 amide bonds. The van der Waals surface area contributed by atoms with E-state index in [0.717, 1.165) is 5.56 Å². The number of cyclic esters (lactones) is 1. The molecule has 2 saturated carbocycles. The highest BCUT2D eigenvalue weighted by Crippen LogP contribution is 2.81. The minimum atomic E-state index is -1.50. The van der Waals surface area contributed by atoms with Gasteiger partial charge in [0, 0.05) is 21.8 Å². The van der Waals surface area contributed by atoms with Crippen LogP contribution in [-0.2, 0) is 28.6 Å². The lowest BCUT2D eigenvalue weighted by atomic mass is 9.34. The topological polar surface area (TPSA) is 116 Å². The third-order valence-electron chi connectivity index (χ3n) is 10.8. The monoisotopic (exact) mass is 468 g/mol. The number of aliphatic hydroxyl groups excluding tert-OH is 1. The minimum Gasteiger partial charge on any atom is -0.472 e. The van der Waals surface area contributed by atoms with Crippen molar-refractivity contribution >= 4 is 17.5 Å². The van der Waals surface area contributed by atoms with Gasteiger partial charge in [-0.3, -0.25) is 9.59 Å². The van der Waals surface area contributed by atoms with Crippen molar-refractivity contribution < 1.29 is 38.1 Å². The van der Waals surface area contributed by atoms with Crippen LogP contribution in [0.3, 0.4) is 0 Å². The SMILES string of the molecule is CC1(C)OC[C@@]23C=CC(=O)[C@@]12C(=O)[C@@H](O)[C@]1(C)C3CC[C@]2(C)[C@H](c3ccoc3)OC(=O)[C@H]3O[C@]312. The van der Waals surface area contributed by atoms with E-state index < -0.39 is 62.9 Å². The highest BCUT2D eigenvalue weighted by atomic mass is 16.7. The third-order valence-corrected chi connectivity index (χ3v) is 10.8. The number of ether oxygens (including phenoxy) is 3. The largest absolute Gasteiger partial charge is 0.472 e. The van der Waals surface area contributed by atoms with Crippen molar-refractivity contribution in [3.63, 3.8) is 0 Å². The van der Waals surface area contributed by atoms with E-state index in [1.54, 1.807) is 26.2 Å². The Balaban J connectivity index is 1.47. The second kappa shape index (κ2) is 5.58. The standard InChI is InChI=1S/C26H28O8/c1-21(2)25-15(27)6-9-24(25,12-32-21)14-5-8-22(3)18(13-7-10-31-11-13)33-20(30)19-26(22,34-19)23(14,4)16(28)17(25)29/h6-7,9-11,14,16,18-19,28H,5,8,12H2,1-4H3/t14?,16-,18+,19-,22-,23+,24-,25-,26+/m1/s1. The van der Waals surface area contributed by atoms with E-state index in [4.69, 9.17) is 18.6 Å². The molecule has 5 fully saturated rings. The number of hydrogen-bond acceptors (Lipinski definition) is 8. The fraction of sp³-hybridized carbons (Fsp3) is 0.654. The van der Waals surface area contributed by atoms with Crippen LogP contribution in [0.4, 0.5) is 0 Å². The molecule has 8 nitrogen and oxygen atoms in total. The maximum absolute atomic E-state index is 14.2. The lowest BCUT2D eigenvalue weighted by Crippen LogP contribution is -2.77. The number of Topliss-reactive ketones (excluding diaryl/α,β-unsaturated/α-hetero) is 1. The molecule has 1 unspecified atom stereocenters. The van der Waals surface area contributed by atoms with Gasteiger partial charge in [0.15, 0.2) is 17.7 Å². The summed E-state index contributed by atoms with van der Waals surface area (Å²) >= 11 is 0. The van der Waals surface area contributed by atoms with Crippen LogP contribution in [0.15, 0.2) is 35.2 Å². The van der Waals surface area contributed by atoms with Crippen molar-refractivity contribution in [2.45, 2.75) is 70.1 Å². The third kappa shape index (κ3) is 1.68. The Morgan fingerprint density at radius 3 is 2.56 bits per heavy atom. The molecule has 3 aliphatic carbocycles. The Morgan fingerprint density at radius 1 is 1.09 bits per heavy atom. The Labute approximate surface area is 196 Å². The summed E-state index contributed by atoms with van der Waals surface area (Å²) in [7, 11) is 0. The van der Waals surface area contributed by atoms with E-state index in [1.165, 1.54) is 12.3 Å². The number of fused-ring (bicyclic) bond motifs is 1. The van der Waals surface area contributed by atoms with Crippen molar-refractivity contribution in [3.05, 3.63) is 36.3 Å². The molecular weight excluding hydrogens is 440 g/mol. The molecule has 1 aromatic rings. The maximum Gasteiger partial charge on any atom is 0.339 e. The molecule has 1 N–H and O–H groups in total. The summed E-state index contributed by atoms with van der Waals surface area (Å²) < 4.78 is 23.7. The number of hydrogen-bond donors (Lipinski definition) is 1. The van der Waals surface area contributed by atoms with Gasteiger partial charge in [0.1, 0.15) is 23.2 Å². The minimum absolute atomic E-state index is 0.202. The molecule has 1 spiro atoms. The molecule has 6 aliphatic rings. The summed E-state index contributed by atoms with van der Waals surface area (Å²) in [5, 5.41) is 11.9. The summed E-state index contributed by atoms with van der Waals surface area (Å²) in [4.78, 5) is 40.8. The Morgan fingerprint density at radius 2 is 1.85 bits per heavy atom. The van der Waals surface area contributed by atoms with Gasteiger partial charge in [-0.05, 0) is 44.7 Å². The van der Waals surface area contributed by atoms with Gasteiger partial charge in [0.05, 0.1) is 24.7 Å². The molecule has 34 heavy (non-hydrogen) atoms. The number of ketones is 2. The summed E-state index contributed by atoms with van der Waals surface area (Å²) in [6.45, 7) is 7.61. The molecule has 1 aromatic heterocycles. The van der Waals surface area contributed by atoms with Crippen LogP contribution in [-0.4, -0.2) is 52.7 Å². The number of carbonyl (C=O) groups excluding carboxylic acids is 3. The molecule has 0 aromatic carbocycles. The van der Waals surface area contributed by atoms with Crippen LogP contribution < -0.4 is 0 Å². The first kappa shape index (κ1) is 21.0. The predicted molar refractivity (Wildman–Crippen MR) is 114 cm³/mol. The van der Waals surface area contributed by atoms with E-state index in [0.29, 0.717) is 12.8 Å². The number of epoxide rings is 1. The lowest BCUT2D eigenvalue weighted by Gasteiger charge is -2.66. The summed E-state index contributed by atoms with van der Waals surface area (Å²) in [6.07, 6.45) is 4.65. The highest BCUT2D eigenvalue weighted by molar-refractivity contribution is 6.18. The van der Waals surface area contributed by atoms with E-state index >= 15 is 0 Å². The Hall–Kier alpha value is -2.29. The molecule has 0 bridgehead atoms. The van der Waals surface area contributed by atoms with Gasteiger partial charge in [0.25, 0.3) is 0 Å². The van der Waals surface area contributed by atoms with Crippen molar-refractivity contribution in [2.75, 3.05) is 6.61 Å². The number of esters is 1. The molecule has 0 radical (unpaired) electrons. The summed E-state index contributed by atoms with van der Waals surface area (Å²) in [5.41, 5.74) is -5.71. The maximum atomic E-state index is 14.2. The van der Waals surface area contributed by atoms with Crippen LogP contribution in [0.25, 0.3) is 0 Å².